The predicted molar refractivity (Wildman–Crippen MR) is 150 cm³/mol. The highest BCUT2D eigenvalue weighted by molar-refractivity contribution is 6.09. The van der Waals surface area contributed by atoms with E-state index in [4.69, 9.17) is 14.7 Å². The summed E-state index contributed by atoms with van der Waals surface area (Å²) in [4.78, 5) is 26.8. The van der Waals surface area contributed by atoms with Crippen LogP contribution in [0, 0.1) is 11.3 Å². The highest BCUT2D eigenvalue weighted by Crippen LogP contribution is 2.40. The van der Waals surface area contributed by atoms with E-state index in [0.29, 0.717) is 42.9 Å². The Balaban J connectivity index is 1.41. The number of ether oxygens (including phenoxy) is 2. The van der Waals surface area contributed by atoms with Crippen LogP contribution in [0.15, 0.2) is 66.7 Å². The minimum atomic E-state index is -0.965. The van der Waals surface area contributed by atoms with Gasteiger partial charge in [0.15, 0.2) is 11.9 Å². The lowest BCUT2D eigenvalue weighted by atomic mass is 9.76. The standard InChI is InChI=1S/C32H34N2O5/c1-4-38-29(31(36)37)19-22-7-12-26(13-8-22)39-18-17-34-16-15-32(2,3)27-20-25(11-14-28(27)34)30(35)24-9-5-23(21-33)6-10-24/h5-14,20,29H,4,15-19H2,1-3H3,(H,36,37)/t29-/m0/s1. The van der Waals surface area contributed by atoms with Gasteiger partial charge in [0.25, 0.3) is 0 Å². The van der Waals surface area contributed by atoms with Gasteiger partial charge in [-0.05, 0) is 84.5 Å². The van der Waals surface area contributed by atoms with E-state index in [2.05, 4.69) is 24.8 Å². The van der Waals surface area contributed by atoms with Crippen molar-refractivity contribution in [3.8, 4) is 11.8 Å². The summed E-state index contributed by atoms with van der Waals surface area (Å²) < 4.78 is 11.3. The van der Waals surface area contributed by atoms with Crippen LogP contribution in [0.4, 0.5) is 5.69 Å². The second-order valence-electron chi connectivity index (χ2n) is 10.3. The number of hydrogen-bond acceptors (Lipinski definition) is 6. The van der Waals surface area contributed by atoms with Crippen LogP contribution in [0.3, 0.4) is 0 Å². The fraction of sp³-hybridized carbons (Fsp3) is 0.344. The average Bonchev–Trinajstić information content (AvgIpc) is 2.94. The predicted octanol–water partition coefficient (Wildman–Crippen LogP) is 5.39. The van der Waals surface area contributed by atoms with Crippen molar-refractivity contribution in [1.29, 1.82) is 5.26 Å². The van der Waals surface area contributed by atoms with Crippen molar-refractivity contribution in [2.75, 3.05) is 31.2 Å². The van der Waals surface area contributed by atoms with Gasteiger partial charge in [-0.15, -0.1) is 0 Å². The number of carboxylic acid groups (broad SMARTS) is 1. The summed E-state index contributed by atoms with van der Waals surface area (Å²) >= 11 is 0. The van der Waals surface area contributed by atoms with Gasteiger partial charge >= 0.3 is 5.97 Å². The van der Waals surface area contributed by atoms with E-state index in [1.165, 1.54) is 0 Å². The molecule has 3 aromatic carbocycles. The lowest BCUT2D eigenvalue weighted by Crippen LogP contribution is -2.39. The molecule has 1 aliphatic rings. The molecule has 0 unspecified atom stereocenters. The first-order valence-corrected chi connectivity index (χ1v) is 13.2. The molecular weight excluding hydrogens is 492 g/mol. The molecule has 39 heavy (non-hydrogen) atoms. The molecule has 0 aliphatic carbocycles. The highest BCUT2D eigenvalue weighted by atomic mass is 16.5. The molecule has 0 amide bonds. The van der Waals surface area contributed by atoms with E-state index in [-0.39, 0.29) is 11.2 Å². The van der Waals surface area contributed by atoms with Crippen LogP contribution in [0.2, 0.25) is 0 Å². The number of carbonyl (C=O) groups excluding carboxylic acids is 1. The van der Waals surface area contributed by atoms with Crippen molar-refractivity contribution in [2.45, 2.75) is 45.1 Å². The van der Waals surface area contributed by atoms with Crippen molar-refractivity contribution in [3.63, 3.8) is 0 Å². The van der Waals surface area contributed by atoms with Crippen molar-refractivity contribution in [2.24, 2.45) is 0 Å². The maximum absolute atomic E-state index is 13.1. The molecule has 3 aromatic rings. The number of aliphatic carboxylic acids is 1. The summed E-state index contributed by atoms with van der Waals surface area (Å²) in [7, 11) is 0. The minimum absolute atomic E-state index is 0.0575. The monoisotopic (exact) mass is 526 g/mol. The number of anilines is 1. The Labute approximate surface area is 229 Å². The normalized spacial score (nSPS) is 14.7. The molecule has 7 nitrogen and oxygen atoms in total. The van der Waals surface area contributed by atoms with Crippen LogP contribution < -0.4 is 9.64 Å². The van der Waals surface area contributed by atoms with Gasteiger partial charge in [0.05, 0.1) is 18.2 Å². The number of nitriles is 1. The van der Waals surface area contributed by atoms with Crippen molar-refractivity contribution < 1.29 is 24.2 Å². The molecule has 202 valence electrons. The van der Waals surface area contributed by atoms with Crippen LogP contribution in [-0.4, -0.2) is 49.3 Å². The van der Waals surface area contributed by atoms with Gasteiger partial charge < -0.3 is 19.5 Å². The first-order valence-electron chi connectivity index (χ1n) is 13.2. The Morgan fingerprint density at radius 1 is 1.05 bits per heavy atom. The molecule has 0 radical (unpaired) electrons. The number of hydrogen-bond donors (Lipinski definition) is 1. The van der Waals surface area contributed by atoms with Gasteiger partial charge in [-0.25, -0.2) is 4.79 Å². The van der Waals surface area contributed by atoms with Gasteiger partial charge in [0.2, 0.25) is 0 Å². The van der Waals surface area contributed by atoms with E-state index in [1.54, 1.807) is 31.2 Å². The van der Waals surface area contributed by atoms with Crippen molar-refractivity contribution >= 4 is 17.4 Å². The molecule has 0 spiro atoms. The lowest BCUT2D eigenvalue weighted by Gasteiger charge is -2.40. The third kappa shape index (κ3) is 6.65. The number of nitrogens with zero attached hydrogens (tertiary/aromatic N) is 2. The topological polar surface area (TPSA) is 99.9 Å². The summed E-state index contributed by atoms with van der Waals surface area (Å²) in [6.45, 7) is 8.61. The third-order valence-corrected chi connectivity index (χ3v) is 7.23. The molecule has 4 rings (SSSR count). The number of benzene rings is 3. The maximum atomic E-state index is 13.1. The first kappa shape index (κ1) is 27.9. The Kier molecular flexibility index (Phi) is 8.68. The van der Waals surface area contributed by atoms with Crippen molar-refractivity contribution in [1.82, 2.24) is 0 Å². The molecule has 0 bridgehead atoms. The van der Waals surface area contributed by atoms with Crippen LogP contribution in [0.1, 0.15) is 59.8 Å². The second kappa shape index (κ2) is 12.1. The summed E-state index contributed by atoms with van der Waals surface area (Å²) in [6, 6.07) is 22.2. The van der Waals surface area contributed by atoms with Gasteiger partial charge in [0.1, 0.15) is 12.4 Å². The summed E-state index contributed by atoms with van der Waals surface area (Å²) in [5.41, 5.74) is 4.78. The van der Waals surface area contributed by atoms with Crippen LogP contribution >= 0.6 is 0 Å². The Hall–Kier alpha value is -4.15. The molecule has 1 heterocycles. The van der Waals surface area contributed by atoms with Gasteiger partial charge in [-0.3, -0.25) is 4.79 Å². The Morgan fingerprint density at radius 3 is 2.38 bits per heavy atom. The smallest absolute Gasteiger partial charge is 0.333 e. The molecule has 7 heteroatoms. The molecular formula is C32H34N2O5. The van der Waals surface area contributed by atoms with E-state index in [9.17, 15) is 14.7 Å². The summed E-state index contributed by atoms with van der Waals surface area (Å²) in [6.07, 6.45) is 0.401. The summed E-state index contributed by atoms with van der Waals surface area (Å²) in [5, 5.41) is 18.3. The first-order chi connectivity index (χ1) is 18.7. The van der Waals surface area contributed by atoms with Crippen LogP contribution in [0.5, 0.6) is 5.75 Å². The molecule has 0 saturated carbocycles. The van der Waals surface area contributed by atoms with E-state index < -0.39 is 12.1 Å². The maximum Gasteiger partial charge on any atom is 0.333 e. The zero-order valence-electron chi connectivity index (χ0n) is 22.6. The Morgan fingerprint density at radius 2 is 1.74 bits per heavy atom. The molecule has 0 aromatic heterocycles. The van der Waals surface area contributed by atoms with E-state index in [0.717, 1.165) is 35.5 Å². The Bertz CT molecular complexity index is 1360. The third-order valence-electron chi connectivity index (χ3n) is 7.23. The van der Waals surface area contributed by atoms with Gasteiger partial charge in [0, 0.05) is 36.4 Å². The fourth-order valence-corrected chi connectivity index (χ4v) is 4.89. The van der Waals surface area contributed by atoms with Gasteiger partial charge in [-0.2, -0.15) is 5.26 Å². The molecule has 1 N–H and O–H groups in total. The number of fused-ring (bicyclic) bond motifs is 1. The average molecular weight is 527 g/mol. The van der Waals surface area contributed by atoms with E-state index in [1.807, 2.05) is 42.5 Å². The highest BCUT2D eigenvalue weighted by Gasteiger charge is 2.32. The lowest BCUT2D eigenvalue weighted by molar-refractivity contribution is -0.149. The molecule has 1 aliphatic heterocycles. The van der Waals surface area contributed by atoms with Crippen LogP contribution in [-0.2, 0) is 21.4 Å². The van der Waals surface area contributed by atoms with Gasteiger partial charge in [-0.1, -0.05) is 26.0 Å². The molecule has 1 atom stereocenters. The number of ketones is 1. The van der Waals surface area contributed by atoms with Crippen molar-refractivity contribution in [3.05, 3.63) is 94.5 Å². The quantitative estimate of drug-likeness (QED) is 0.335. The van der Waals surface area contributed by atoms with E-state index >= 15 is 0 Å². The zero-order valence-corrected chi connectivity index (χ0v) is 22.6. The zero-order chi connectivity index (χ0) is 28.0. The second-order valence-corrected chi connectivity index (χ2v) is 10.3. The fourth-order valence-electron chi connectivity index (χ4n) is 4.89. The number of carboxylic acids is 1. The number of carbonyl (C=O) groups is 2. The van der Waals surface area contributed by atoms with Crippen LogP contribution in [0.25, 0.3) is 0 Å². The largest absolute Gasteiger partial charge is 0.492 e. The SMILES string of the molecule is CCO[C@@H](Cc1ccc(OCCN2CCC(C)(C)c3cc(C(=O)c4ccc(C#N)cc4)ccc32)cc1)C(=O)O. The molecule has 0 fully saturated rings. The summed E-state index contributed by atoms with van der Waals surface area (Å²) in [5.74, 6) is -0.297. The molecule has 0 saturated heterocycles. The number of rotatable bonds is 11. The minimum Gasteiger partial charge on any atom is -0.492 e.